The summed E-state index contributed by atoms with van der Waals surface area (Å²) in [5.74, 6) is 0. The third-order valence-electron chi connectivity index (χ3n) is 4.72. The monoisotopic (exact) mass is 400 g/mol. The molecule has 0 N–H and O–H groups in total. The number of sulfonamides is 1. The smallest absolute Gasteiger partial charge is 0.336 e. The zero-order chi connectivity index (χ0) is 19.6. The highest BCUT2D eigenvalue weighted by Crippen LogP contribution is 2.24. The minimum Gasteiger partial charge on any atom is -0.423 e. The fourth-order valence-corrected chi connectivity index (χ4v) is 4.77. The molecule has 0 bridgehead atoms. The van der Waals surface area contributed by atoms with Crippen molar-refractivity contribution in [3.63, 3.8) is 0 Å². The van der Waals surface area contributed by atoms with Crippen LogP contribution in [-0.2, 0) is 21.3 Å². The first-order chi connectivity index (χ1) is 13.5. The molecule has 1 aliphatic heterocycles. The summed E-state index contributed by atoms with van der Waals surface area (Å²) in [7, 11) is -3.79. The summed E-state index contributed by atoms with van der Waals surface area (Å²) in [5, 5.41) is 0.551. The van der Waals surface area contributed by atoms with Crippen molar-refractivity contribution < 1.29 is 17.6 Å². The molecule has 1 saturated heterocycles. The van der Waals surface area contributed by atoms with Gasteiger partial charge in [0.1, 0.15) is 5.58 Å². The lowest BCUT2D eigenvalue weighted by Gasteiger charge is -2.24. The van der Waals surface area contributed by atoms with Gasteiger partial charge < -0.3 is 9.15 Å². The van der Waals surface area contributed by atoms with Crippen LogP contribution in [-0.4, -0.2) is 37.0 Å². The molecule has 8 heteroatoms. The summed E-state index contributed by atoms with van der Waals surface area (Å²) in [6.45, 7) is 1.07. The van der Waals surface area contributed by atoms with E-state index < -0.39 is 15.6 Å². The standard InChI is InChI=1S/C20H20N2O5S/c23-20-9-6-15-12-18(7-8-19(15)27-20)28(24,25)22(14-17-5-3-11-26-17)13-16-4-1-2-10-21-16/h1-2,4,6-10,12,17H,3,5,11,13-14H2. The second-order valence-electron chi connectivity index (χ2n) is 6.71. The van der Waals surface area contributed by atoms with E-state index in [1.54, 1.807) is 24.4 Å². The highest BCUT2D eigenvalue weighted by atomic mass is 32.2. The van der Waals surface area contributed by atoms with E-state index in [1.807, 2.05) is 6.07 Å². The first-order valence-electron chi connectivity index (χ1n) is 9.08. The van der Waals surface area contributed by atoms with Crippen LogP contribution in [0.5, 0.6) is 0 Å². The molecule has 2 aromatic heterocycles. The van der Waals surface area contributed by atoms with Crippen LogP contribution < -0.4 is 5.63 Å². The second-order valence-corrected chi connectivity index (χ2v) is 8.65. The maximum Gasteiger partial charge on any atom is 0.336 e. The fraction of sp³-hybridized carbons (Fsp3) is 0.300. The van der Waals surface area contributed by atoms with Crippen LogP contribution in [0.1, 0.15) is 18.5 Å². The molecule has 1 fully saturated rings. The molecule has 0 amide bonds. The Morgan fingerprint density at radius 2 is 2.04 bits per heavy atom. The van der Waals surface area contributed by atoms with Crippen LogP contribution in [0.2, 0.25) is 0 Å². The van der Waals surface area contributed by atoms with Crippen molar-refractivity contribution in [3.05, 3.63) is 70.8 Å². The predicted octanol–water partition coefficient (Wildman–Crippen LogP) is 2.56. The molecule has 0 radical (unpaired) electrons. The highest BCUT2D eigenvalue weighted by Gasteiger charge is 2.29. The highest BCUT2D eigenvalue weighted by molar-refractivity contribution is 7.89. The Balaban J connectivity index is 1.70. The molecule has 146 valence electrons. The van der Waals surface area contributed by atoms with E-state index in [0.717, 1.165) is 12.8 Å². The van der Waals surface area contributed by atoms with E-state index in [9.17, 15) is 13.2 Å². The average molecular weight is 400 g/mol. The Labute approximate surface area is 162 Å². The van der Waals surface area contributed by atoms with E-state index in [1.165, 1.54) is 28.6 Å². The molecule has 28 heavy (non-hydrogen) atoms. The number of rotatable bonds is 6. The lowest BCUT2D eigenvalue weighted by molar-refractivity contribution is 0.0924. The molecular weight excluding hydrogens is 380 g/mol. The van der Waals surface area contributed by atoms with E-state index in [4.69, 9.17) is 9.15 Å². The van der Waals surface area contributed by atoms with Crippen LogP contribution in [0.4, 0.5) is 0 Å². The third kappa shape index (κ3) is 3.99. The zero-order valence-corrected chi connectivity index (χ0v) is 16.0. The van der Waals surface area contributed by atoms with Gasteiger partial charge in [-0.15, -0.1) is 0 Å². The molecule has 1 aromatic carbocycles. The number of hydrogen-bond donors (Lipinski definition) is 0. The van der Waals surface area contributed by atoms with Gasteiger partial charge in [0.2, 0.25) is 10.0 Å². The number of pyridine rings is 1. The van der Waals surface area contributed by atoms with Crippen molar-refractivity contribution in [2.24, 2.45) is 0 Å². The Bertz CT molecular complexity index is 1120. The molecule has 4 rings (SSSR count). The van der Waals surface area contributed by atoms with Gasteiger partial charge in [-0.05, 0) is 49.2 Å². The van der Waals surface area contributed by atoms with Crippen molar-refractivity contribution in [1.29, 1.82) is 0 Å². The molecule has 3 heterocycles. The maximum absolute atomic E-state index is 13.4. The third-order valence-corrected chi connectivity index (χ3v) is 6.53. The lowest BCUT2D eigenvalue weighted by Crippen LogP contribution is -2.37. The summed E-state index contributed by atoms with van der Waals surface area (Å²) < 4.78 is 38.9. The van der Waals surface area contributed by atoms with Crippen LogP contribution >= 0.6 is 0 Å². The average Bonchev–Trinajstić information content (AvgIpc) is 3.21. The molecule has 1 aliphatic rings. The summed E-state index contributed by atoms with van der Waals surface area (Å²) in [6, 6.07) is 12.7. The number of ether oxygens (including phenoxy) is 1. The van der Waals surface area contributed by atoms with Crippen molar-refractivity contribution in [3.8, 4) is 0 Å². The number of aromatic nitrogens is 1. The second kappa shape index (κ2) is 7.83. The first kappa shape index (κ1) is 18.8. The Morgan fingerprint density at radius 1 is 1.14 bits per heavy atom. The molecule has 1 atom stereocenters. The summed E-state index contributed by atoms with van der Waals surface area (Å²) in [6.07, 6.45) is 3.27. The number of nitrogens with zero attached hydrogens (tertiary/aromatic N) is 2. The van der Waals surface area contributed by atoms with Crippen molar-refractivity contribution >= 4 is 21.0 Å². The van der Waals surface area contributed by atoms with Gasteiger partial charge in [0, 0.05) is 30.8 Å². The fourth-order valence-electron chi connectivity index (χ4n) is 3.29. The van der Waals surface area contributed by atoms with E-state index in [-0.39, 0.29) is 24.1 Å². The minimum atomic E-state index is -3.79. The predicted molar refractivity (Wildman–Crippen MR) is 103 cm³/mol. The van der Waals surface area contributed by atoms with Gasteiger partial charge in [0.15, 0.2) is 0 Å². The first-order valence-corrected chi connectivity index (χ1v) is 10.5. The van der Waals surface area contributed by atoms with E-state index in [2.05, 4.69) is 4.98 Å². The number of hydrogen-bond acceptors (Lipinski definition) is 6. The number of benzene rings is 1. The topological polar surface area (TPSA) is 89.7 Å². The van der Waals surface area contributed by atoms with Gasteiger partial charge >= 0.3 is 5.63 Å². The van der Waals surface area contributed by atoms with Crippen LogP contribution in [0.3, 0.4) is 0 Å². The SMILES string of the molecule is O=c1ccc2cc(S(=O)(=O)N(Cc3ccccn3)CC3CCCO3)ccc2o1. The molecule has 7 nitrogen and oxygen atoms in total. The van der Waals surface area contributed by atoms with Gasteiger partial charge in [-0.2, -0.15) is 4.31 Å². The van der Waals surface area contributed by atoms with E-state index in [0.29, 0.717) is 23.3 Å². The van der Waals surface area contributed by atoms with Gasteiger partial charge in [0.05, 0.1) is 23.2 Å². The normalized spacial score (nSPS) is 17.4. The zero-order valence-electron chi connectivity index (χ0n) is 15.2. The van der Waals surface area contributed by atoms with Gasteiger partial charge in [-0.1, -0.05) is 6.07 Å². The van der Waals surface area contributed by atoms with Gasteiger partial charge in [-0.25, -0.2) is 13.2 Å². The van der Waals surface area contributed by atoms with Gasteiger partial charge in [-0.3, -0.25) is 4.98 Å². The maximum atomic E-state index is 13.4. The Hall–Kier alpha value is -2.55. The molecule has 1 unspecified atom stereocenters. The van der Waals surface area contributed by atoms with E-state index >= 15 is 0 Å². The largest absolute Gasteiger partial charge is 0.423 e. The van der Waals surface area contributed by atoms with Crippen LogP contribution in [0.25, 0.3) is 11.0 Å². The number of fused-ring (bicyclic) bond motifs is 1. The lowest BCUT2D eigenvalue weighted by atomic mass is 10.2. The van der Waals surface area contributed by atoms with Crippen LogP contribution in [0, 0.1) is 0 Å². The summed E-state index contributed by atoms with van der Waals surface area (Å²) >= 11 is 0. The summed E-state index contributed by atoms with van der Waals surface area (Å²) in [4.78, 5) is 15.8. The molecular formula is C20H20N2O5S. The van der Waals surface area contributed by atoms with Crippen molar-refractivity contribution in [2.45, 2.75) is 30.4 Å². The Morgan fingerprint density at radius 3 is 2.79 bits per heavy atom. The van der Waals surface area contributed by atoms with Crippen molar-refractivity contribution in [2.75, 3.05) is 13.2 Å². The minimum absolute atomic E-state index is 0.128. The van der Waals surface area contributed by atoms with Crippen LogP contribution in [0.15, 0.2) is 68.8 Å². The van der Waals surface area contributed by atoms with Crippen molar-refractivity contribution in [1.82, 2.24) is 9.29 Å². The molecule has 0 saturated carbocycles. The quantitative estimate of drug-likeness (QED) is 0.591. The molecule has 0 aliphatic carbocycles. The van der Waals surface area contributed by atoms with Gasteiger partial charge in [0.25, 0.3) is 0 Å². The molecule has 3 aromatic rings. The molecule has 0 spiro atoms. The Kier molecular flexibility index (Phi) is 5.25. The summed E-state index contributed by atoms with van der Waals surface area (Å²) in [5.41, 5.74) is 0.538.